The van der Waals surface area contributed by atoms with Gasteiger partial charge in [0.05, 0.1) is 6.04 Å². The highest BCUT2D eigenvalue weighted by Crippen LogP contribution is 2.30. The minimum absolute atomic E-state index is 0.0984. The van der Waals surface area contributed by atoms with Crippen molar-refractivity contribution in [3.8, 4) is 0 Å². The largest absolute Gasteiger partial charge is 0.334 e. The Labute approximate surface area is 139 Å². The third kappa shape index (κ3) is 4.19. The molecule has 0 amide bonds. The highest BCUT2D eigenvalue weighted by molar-refractivity contribution is 5.77. The average Bonchev–Trinajstić information content (AvgIpc) is 2.61. The molecule has 0 radical (unpaired) electrons. The molecule has 2 heteroatoms. The van der Waals surface area contributed by atoms with E-state index in [2.05, 4.69) is 49.6 Å². The van der Waals surface area contributed by atoms with Crippen molar-refractivity contribution >= 4 is 17.6 Å². The van der Waals surface area contributed by atoms with Crippen LogP contribution in [-0.4, -0.2) is 12.3 Å². The van der Waals surface area contributed by atoms with Gasteiger partial charge in [0.25, 0.3) is 0 Å². The van der Waals surface area contributed by atoms with Crippen LogP contribution in [0.1, 0.15) is 20.3 Å². The third-order valence-corrected chi connectivity index (χ3v) is 3.96. The van der Waals surface area contributed by atoms with Gasteiger partial charge in [-0.05, 0) is 48.8 Å². The Kier molecular flexibility index (Phi) is 5.93. The standard InChI is InChI=1S/C21H24N2/c1-4-19(16-22)15-17(2)18(3)23(20-11-7-5-8-12-20)21-13-9-6-10-14-21/h5-16,18,22H,2,4H2,1,3H3/b19-15+,22-16?. The zero-order valence-electron chi connectivity index (χ0n) is 13.9. The summed E-state index contributed by atoms with van der Waals surface area (Å²) in [6.45, 7) is 8.45. The Balaban J connectivity index is 2.40. The van der Waals surface area contributed by atoms with Crippen LogP contribution in [0.5, 0.6) is 0 Å². The fourth-order valence-corrected chi connectivity index (χ4v) is 2.54. The normalized spacial score (nSPS) is 12.5. The molecular weight excluding hydrogens is 280 g/mol. The van der Waals surface area contributed by atoms with Crippen LogP contribution in [0.3, 0.4) is 0 Å². The number of nitrogens with zero attached hydrogens (tertiary/aromatic N) is 1. The number of anilines is 2. The van der Waals surface area contributed by atoms with Crippen LogP contribution in [0.25, 0.3) is 0 Å². The van der Waals surface area contributed by atoms with Crippen molar-refractivity contribution < 1.29 is 0 Å². The quantitative estimate of drug-likeness (QED) is 0.511. The lowest BCUT2D eigenvalue weighted by Crippen LogP contribution is -2.29. The Bertz CT molecular complexity index is 632. The first-order valence-electron chi connectivity index (χ1n) is 7.96. The molecule has 0 heterocycles. The first-order chi connectivity index (χ1) is 11.2. The van der Waals surface area contributed by atoms with Gasteiger partial charge in [-0.1, -0.05) is 56.0 Å². The van der Waals surface area contributed by atoms with Crippen molar-refractivity contribution in [3.63, 3.8) is 0 Å². The molecule has 0 aromatic heterocycles. The van der Waals surface area contributed by atoms with E-state index in [1.807, 2.05) is 42.5 Å². The van der Waals surface area contributed by atoms with Gasteiger partial charge in [0.2, 0.25) is 0 Å². The molecule has 0 aliphatic rings. The maximum Gasteiger partial charge on any atom is 0.0557 e. The number of allylic oxidation sites excluding steroid dienone is 1. The van der Waals surface area contributed by atoms with Gasteiger partial charge in [-0.25, -0.2) is 0 Å². The topological polar surface area (TPSA) is 27.1 Å². The first kappa shape index (κ1) is 16.8. The van der Waals surface area contributed by atoms with Crippen LogP contribution in [0.2, 0.25) is 0 Å². The summed E-state index contributed by atoms with van der Waals surface area (Å²) in [7, 11) is 0. The van der Waals surface area contributed by atoms with Gasteiger partial charge in [0.15, 0.2) is 0 Å². The van der Waals surface area contributed by atoms with Crippen molar-refractivity contribution in [2.75, 3.05) is 4.90 Å². The van der Waals surface area contributed by atoms with E-state index in [0.717, 1.165) is 28.9 Å². The fourth-order valence-electron chi connectivity index (χ4n) is 2.54. The van der Waals surface area contributed by atoms with E-state index in [1.165, 1.54) is 6.21 Å². The average molecular weight is 304 g/mol. The van der Waals surface area contributed by atoms with Gasteiger partial charge in [-0.15, -0.1) is 0 Å². The molecule has 0 saturated carbocycles. The number of para-hydroxylation sites is 2. The second kappa shape index (κ2) is 8.14. The van der Waals surface area contributed by atoms with E-state index < -0.39 is 0 Å². The van der Waals surface area contributed by atoms with Crippen LogP contribution in [0.15, 0.2) is 84.5 Å². The highest BCUT2D eigenvalue weighted by Gasteiger charge is 2.18. The molecule has 0 aliphatic heterocycles. The smallest absolute Gasteiger partial charge is 0.0557 e. The molecule has 23 heavy (non-hydrogen) atoms. The molecular formula is C21H24N2. The summed E-state index contributed by atoms with van der Waals surface area (Å²) in [6, 6.07) is 20.8. The van der Waals surface area contributed by atoms with Crippen molar-refractivity contribution in [2.24, 2.45) is 0 Å². The monoisotopic (exact) mass is 304 g/mol. The minimum atomic E-state index is 0.0984. The van der Waals surface area contributed by atoms with Crippen molar-refractivity contribution in [1.82, 2.24) is 0 Å². The fraction of sp³-hybridized carbons (Fsp3) is 0.190. The van der Waals surface area contributed by atoms with Crippen molar-refractivity contribution in [2.45, 2.75) is 26.3 Å². The van der Waals surface area contributed by atoms with E-state index in [4.69, 9.17) is 5.41 Å². The predicted octanol–water partition coefficient (Wildman–Crippen LogP) is 5.76. The number of rotatable bonds is 7. The maximum atomic E-state index is 7.48. The van der Waals surface area contributed by atoms with Crippen LogP contribution in [0, 0.1) is 5.41 Å². The molecule has 2 aromatic rings. The van der Waals surface area contributed by atoms with Gasteiger partial charge in [0, 0.05) is 17.6 Å². The summed E-state index contributed by atoms with van der Waals surface area (Å²) in [5.74, 6) is 0. The highest BCUT2D eigenvalue weighted by atomic mass is 15.2. The Morgan fingerprint density at radius 1 is 1.04 bits per heavy atom. The van der Waals surface area contributed by atoms with E-state index >= 15 is 0 Å². The van der Waals surface area contributed by atoms with Gasteiger partial charge < -0.3 is 10.3 Å². The lowest BCUT2D eigenvalue weighted by atomic mass is 10.0. The molecule has 0 fully saturated rings. The van der Waals surface area contributed by atoms with Gasteiger partial charge in [0.1, 0.15) is 0 Å². The molecule has 1 N–H and O–H groups in total. The Morgan fingerprint density at radius 2 is 1.52 bits per heavy atom. The maximum absolute atomic E-state index is 7.48. The second-order valence-corrected chi connectivity index (χ2v) is 5.51. The van der Waals surface area contributed by atoms with Crippen molar-refractivity contribution in [3.05, 3.63) is 84.5 Å². The zero-order chi connectivity index (χ0) is 16.7. The number of hydrogen-bond donors (Lipinski definition) is 1. The molecule has 0 aliphatic carbocycles. The molecule has 0 bridgehead atoms. The van der Waals surface area contributed by atoms with Crippen LogP contribution < -0.4 is 4.90 Å². The minimum Gasteiger partial charge on any atom is -0.334 e. The van der Waals surface area contributed by atoms with Crippen LogP contribution in [0.4, 0.5) is 11.4 Å². The third-order valence-electron chi connectivity index (χ3n) is 3.96. The van der Waals surface area contributed by atoms with Crippen molar-refractivity contribution in [1.29, 1.82) is 5.41 Å². The molecule has 1 unspecified atom stereocenters. The number of hydrogen-bond acceptors (Lipinski definition) is 2. The lowest BCUT2D eigenvalue weighted by molar-refractivity contribution is 0.833. The second-order valence-electron chi connectivity index (χ2n) is 5.51. The van der Waals surface area contributed by atoms with Crippen LogP contribution in [-0.2, 0) is 0 Å². The molecule has 2 rings (SSSR count). The molecule has 118 valence electrons. The van der Waals surface area contributed by atoms with Gasteiger partial charge in [-0.2, -0.15) is 0 Å². The SMILES string of the molecule is C=C(/C=C(/C=N)CC)C(C)N(c1ccccc1)c1ccccc1. The summed E-state index contributed by atoms with van der Waals surface area (Å²) in [5.41, 5.74) is 4.25. The molecule has 2 aromatic carbocycles. The summed E-state index contributed by atoms with van der Waals surface area (Å²) in [6.07, 6.45) is 4.27. The van der Waals surface area contributed by atoms with E-state index in [0.29, 0.717) is 0 Å². The van der Waals surface area contributed by atoms with Crippen LogP contribution >= 0.6 is 0 Å². The van der Waals surface area contributed by atoms with E-state index in [-0.39, 0.29) is 6.04 Å². The summed E-state index contributed by atoms with van der Waals surface area (Å²) in [4.78, 5) is 2.27. The van der Waals surface area contributed by atoms with E-state index in [9.17, 15) is 0 Å². The lowest BCUT2D eigenvalue weighted by Gasteiger charge is -2.32. The van der Waals surface area contributed by atoms with Gasteiger partial charge >= 0.3 is 0 Å². The number of benzene rings is 2. The Morgan fingerprint density at radius 3 is 1.91 bits per heavy atom. The number of nitrogens with one attached hydrogen (secondary N) is 1. The summed E-state index contributed by atoms with van der Waals surface area (Å²) < 4.78 is 0. The molecule has 0 spiro atoms. The van der Waals surface area contributed by atoms with Gasteiger partial charge in [-0.3, -0.25) is 0 Å². The van der Waals surface area contributed by atoms with E-state index in [1.54, 1.807) is 0 Å². The zero-order valence-corrected chi connectivity index (χ0v) is 13.9. The first-order valence-corrected chi connectivity index (χ1v) is 7.96. The molecule has 1 atom stereocenters. The molecule has 0 saturated heterocycles. The summed E-state index contributed by atoms with van der Waals surface area (Å²) in [5, 5.41) is 7.48. The Hall–Kier alpha value is -2.61. The predicted molar refractivity (Wildman–Crippen MR) is 101 cm³/mol. The summed E-state index contributed by atoms with van der Waals surface area (Å²) >= 11 is 0. The molecule has 2 nitrogen and oxygen atoms in total.